The number of aliphatic hydroxyl groups excluding tert-OH is 4. The monoisotopic (exact) mass is 575 g/mol. The van der Waals surface area contributed by atoms with Crippen LogP contribution in [0.2, 0.25) is 0 Å². The first-order valence-electron chi connectivity index (χ1n) is 15.1. The molecule has 3 heterocycles. The molecule has 0 spiro atoms. The van der Waals surface area contributed by atoms with Crippen LogP contribution in [-0.2, 0) is 23.7 Å². The van der Waals surface area contributed by atoms with E-state index >= 15 is 0 Å². The summed E-state index contributed by atoms with van der Waals surface area (Å²) in [6, 6.07) is -1.21. The van der Waals surface area contributed by atoms with Crippen LogP contribution in [0.3, 0.4) is 0 Å². The van der Waals surface area contributed by atoms with Crippen molar-refractivity contribution in [3.05, 3.63) is 0 Å². The molecule has 0 aromatic heterocycles. The molecule has 17 atom stereocenters. The van der Waals surface area contributed by atoms with Gasteiger partial charge in [-0.25, -0.2) is 0 Å². The molecule has 4 rings (SSSR count). The number of likely N-dealkylation sites (N-methyl/N-ethyl adjacent to an activating group) is 1. The van der Waals surface area contributed by atoms with Crippen LogP contribution in [0.4, 0.5) is 0 Å². The molecule has 1 aliphatic carbocycles. The Morgan fingerprint density at radius 1 is 0.800 bits per heavy atom. The summed E-state index contributed by atoms with van der Waals surface area (Å²) in [7, 11) is 1.76. The zero-order valence-electron chi connectivity index (χ0n) is 24.5. The second-order valence-corrected chi connectivity index (χ2v) is 12.6. The van der Waals surface area contributed by atoms with Gasteiger partial charge < -0.3 is 60.9 Å². The van der Waals surface area contributed by atoms with Crippen molar-refractivity contribution < 1.29 is 44.1 Å². The zero-order valence-corrected chi connectivity index (χ0v) is 24.5. The first-order chi connectivity index (χ1) is 18.9. The third-order valence-corrected chi connectivity index (χ3v) is 9.52. The molecule has 1 saturated carbocycles. The van der Waals surface area contributed by atoms with E-state index in [9.17, 15) is 20.4 Å². The van der Waals surface area contributed by atoms with Gasteiger partial charge >= 0.3 is 0 Å². The third-order valence-electron chi connectivity index (χ3n) is 9.52. The van der Waals surface area contributed by atoms with E-state index in [4.69, 9.17) is 35.2 Å². The van der Waals surface area contributed by atoms with Gasteiger partial charge in [0.25, 0.3) is 0 Å². The molecule has 0 radical (unpaired) electrons. The Bertz CT molecular complexity index is 798. The van der Waals surface area contributed by atoms with Gasteiger partial charge in [-0.15, -0.1) is 0 Å². The fourth-order valence-electron chi connectivity index (χ4n) is 6.97. The Balaban J connectivity index is 1.41. The molecule has 12 nitrogen and oxygen atoms in total. The van der Waals surface area contributed by atoms with E-state index in [0.29, 0.717) is 32.2 Å². The van der Waals surface area contributed by atoms with Gasteiger partial charge in [0.05, 0.1) is 54.8 Å². The van der Waals surface area contributed by atoms with Crippen molar-refractivity contribution in [1.29, 1.82) is 0 Å². The minimum Gasteiger partial charge on any atom is -0.390 e. The van der Waals surface area contributed by atoms with Crippen LogP contribution >= 0.6 is 0 Å². The molecular weight excluding hydrogens is 522 g/mol. The number of ether oxygens (including phenoxy) is 5. The van der Waals surface area contributed by atoms with E-state index in [1.54, 1.807) is 7.05 Å². The van der Waals surface area contributed by atoms with Gasteiger partial charge in [0.1, 0.15) is 18.3 Å². The number of nitrogens with one attached hydrogen (secondary N) is 1. The standard InChI is InChI=1S/C28H53N3O9/c1-6-18-17(32)10-16(29)28(38-18)40-26-13(3)7-12(2)23(33)27(26)39-21-9-15(14(4)36-21)8-19-22(30)25(35)24(34)20(37-19)11-31-5/h12-28,31-35H,6-11,29-30H2,1-5H3/t12?,13?,14?,15-,16+,17-,18?,19+,20-,21?,22-,23-,24+,25?,26+,27?,28+/m0/s1. The zero-order chi connectivity index (χ0) is 29.3. The molecule has 3 aliphatic heterocycles. The van der Waals surface area contributed by atoms with Gasteiger partial charge in [0, 0.05) is 13.0 Å². The van der Waals surface area contributed by atoms with E-state index in [2.05, 4.69) is 12.2 Å². The van der Waals surface area contributed by atoms with Crippen molar-refractivity contribution >= 4 is 0 Å². The molecule has 0 aromatic carbocycles. The Morgan fingerprint density at radius 2 is 1.52 bits per heavy atom. The van der Waals surface area contributed by atoms with Crippen molar-refractivity contribution in [3.8, 4) is 0 Å². The van der Waals surface area contributed by atoms with Crippen LogP contribution in [0.5, 0.6) is 0 Å². The topological polar surface area (TPSA) is 191 Å². The van der Waals surface area contributed by atoms with Crippen LogP contribution < -0.4 is 16.8 Å². The number of hydrogen-bond acceptors (Lipinski definition) is 12. The van der Waals surface area contributed by atoms with Crippen LogP contribution in [0.15, 0.2) is 0 Å². The average molecular weight is 576 g/mol. The molecule has 0 bridgehead atoms. The van der Waals surface area contributed by atoms with Crippen LogP contribution in [0.25, 0.3) is 0 Å². The molecule has 0 amide bonds. The van der Waals surface area contributed by atoms with E-state index < -0.39 is 73.5 Å². The maximum absolute atomic E-state index is 11.2. The van der Waals surface area contributed by atoms with Gasteiger partial charge in [-0.3, -0.25) is 0 Å². The Kier molecular flexibility index (Phi) is 11.2. The van der Waals surface area contributed by atoms with Crippen molar-refractivity contribution in [3.63, 3.8) is 0 Å². The van der Waals surface area contributed by atoms with E-state index in [1.807, 2.05) is 20.8 Å². The van der Waals surface area contributed by atoms with Crippen molar-refractivity contribution in [2.75, 3.05) is 13.6 Å². The van der Waals surface area contributed by atoms with E-state index in [-0.39, 0.29) is 30.0 Å². The fraction of sp³-hybridized carbons (Fsp3) is 1.00. The van der Waals surface area contributed by atoms with Gasteiger partial charge in [0.15, 0.2) is 12.6 Å². The lowest BCUT2D eigenvalue weighted by Gasteiger charge is -2.46. The van der Waals surface area contributed by atoms with Crippen molar-refractivity contribution in [1.82, 2.24) is 5.32 Å². The van der Waals surface area contributed by atoms with E-state index in [1.165, 1.54) is 0 Å². The Hall–Kier alpha value is -0.480. The second-order valence-electron chi connectivity index (χ2n) is 12.6. The molecule has 4 fully saturated rings. The Labute approximate surface area is 238 Å². The largest absolute Gasteiger partial charge is 0.390 e. The lowest BCUT2D eigenvalue weighted by Crippen LogP contribution is -2.63. The minimum atomic E-state index is -1.08. The van der Waals surface area contributed by atoms with E-state index in [0.717, 1.165) is 6.42 Å². The Morgan fingerprint density at radius 3 is 2.20 bits per heavy atom. The maximum Gasteiger partial charge on any atom is 0.173 e. The third kappa shape index (κ3) is 7.00. The molecule has 4 aliphatic rings. The molecule has 40 heavy (non-hydrogen) atoms. The van der Waals surface area contributed by atoms with Crippen LogP contribution in [0, 0.1) is 17.8 Å². The maximum atomic E-state index is 11.2. The highest BCUT2D eigenvalue weighted by molar-refractivity contribution is 4.98. The smallest absolute Gasteiger partial charge is 0.173 e. The minimum absolute atomic E-state index is 0.00583. The van der Waals surface area contributed by atoms with Crippen LogP contribution in [-0.4, -0.2) is 120 Å². The number of hydrogen-bond donors (Lipinski definition) is 7. The first kappa shape index (κ1) is 32.4. The van der Waals surface area contributed by atoms with Gasteiger partial charge in [-0.1, -0.05) is 20.8 Å². The predicted octanol–water partition coefficient (Wildman–Crippen LogP) is -0.816. The fourth-order valence-corrected chi connectivity index (χ4v) is 6.97. The summed E-state index contributed by atoms with van der Waals surface area (Å²) < 4.78 is 31.2. The second kappa shape index (κ2) is 13.9. The summed E-state index contributed by atoms with van der Waals surface area (Å²) in [4.78, 5) is 0. The van der Waals surface area contributed by atoms with Gasteiger partial charge in [-0.05, 0) is 57.4 Å². The highest BCUT2D eigenvalue weighted by Gasteiger charge is 2.49. The van der Waals surface area contributed by atoms with Crippen molar-refractivity contribution in [2.24, 2.45) is 29.2 Å². The summed E-state index contributed by atoms with van der Waals surface area (Å²) in [5.41, 5.74) is 12.6. The summed E-state index contributed by atoms with van der Waals surface area (Å²) in [6.07, 6.45) is -4.58. The molecule has 7 unspecified atom stereocenters. The summed E-state index contributed by atoms with van der Waals surface area (Å²) in [6.45, 7) is 8.40. The lowest BCUT2D eigenvalue weighted by molar-refractivity contribution is -0.298. The number of aliphatic hydroxyl groups is 4. The normalized spacial score (nSPS) is 52.1. The van der Waals surface area contributed by atoms with Crippen molar-refractivity contribution in [2.45, 2.75) is 146 Å². The molecule has 234 valence electrons. The summed E-state index contributed by atoms with van der Waals surface area (Å²) in [5, 5.41) is 45.4. The van der Waals surface area contributed by atoms with Crippen LogP contribution in [0.1, 0.15) is 59.8 Å². The number of rotatable bonds is 9. The number of nitrogens with two attached hydrogens (primary N) is 2. The summed E-state index contributed by atoms with van der Waals surface area (Å²) >= 11 is 0. The quantitative estimate of drug-likeness (QED) is 0.181. The molecule has 3 saturated heterocycles. The average Bonchev–Trinajstić information content (AvgIpc) is 3.25. The predicted molar refractivity (Wildman–Crippen MR) is 146 cm³/mol. The highest BCUT2D eigenvalue weighted by Crippen LogP contribution is 2.40. The lowest BCUT2D eigenvalue weighted by atomic mass is 9.77. The molecular formula is C28H53N3O9. The first-order valence-corrected chi connectivity index (χ1v) is 15.1. The molecule has 0 aromatic rings. The molecule has 9 N–H and O–H groups in total. The highest BCUT2D eigenvalue weighted by atomic mass is 16.7. The summed E-state index contributed by atoms with van der Waals surface area (Å²) in [5.74, 6) is 0.119. The molecule has 12 heteroatoms. The SMILES string of the molecule is CCC1O[C@H](O[C@@H]2C(C)CC(C)[C@H](O)C2OC2C[C@H](C[C@H]3O[C@@H](CNC)[C@@H](O)C(O)[C@H]3N)C(C)O2)[C@H](N)C[C@@H]1O. The van der Waals surface area contributed by atoms with Gasteiger partial charge in [-0.2, -0.15) is 0 Å². The van der Waals surface area contributed by atoms with Gasteiger partial charge in [0.2, 0.25) is 0 Å².